The molecular formula is C18H18N4O3. The minimum Gasteiger partial charge on any atom is -0.464 e. The minimum atomic E-state index is -1.01. The van der Waals surface area contributed by atoms with Crippen LogP contribution < -0.4 is 10.1 Å². The van der Waals surface area contributed by atoms with Crippen molar-refractivity contribution in [2.75, 3.05) is 0 Å². The molecule has 7 heteroatoms. The topological polar surface area (TPSA) is 89.3 Å². The van der Waals surface area contributed by atoms with Crippen LogP contribution in [0.5, 0.6) is 11.6 Å². The van der Waals surface area contributed by atoms with E-state index in [0.717, 1.165) is 11.1 Å². The normalized spacial score (nSPS) is 15.2. The SMILES string of the molecule is CC(NC1CC1)c1cc(Oc2ccc3c(ccn3C(=O)O)c2)ncn1. The fraction of sp³-hybridized carbons (Fsp3) is 0.278. The van der Waals surface area contributed by atoms with Crippen molar-refractivity contribution < 1.29 is 14.6 Å². The van der Waals surface area contributed by atoms with Gasteiger partial charge in [0.15, 0.2) is 0 Å². The molecule has 1 atom stereocenters. The van der Waals surface area contributed by atoms with Gasteiger partial charge in [0, 0.05) is 29.7 Å². The minimum absolute atomic E-state index is 0.143. The second-order valence-corrected chi connectivity index (χ2v) is 6.23. The first-order valence-corrected chi connectivity index (χ1v) is 8.20. The van der Waals surface area contributed by atoms with Crippen molar-refractivity contribution in [2.24, 2.45) is 0 Å². The van der Waals surface area contributed by atoms with Crippen LogP contribution in [-0.2, 0) is 0 Å². The number of nitrogens with zero attached hydrogens (tertiary/aromatic N) is 3. The predicted molar refractivity (Wildman–Crippen MR) is 92.0 cm³/mol. The second-order valence-electron chi connectivity index (χ2n) is 6.23. The average molecular weight is 338 g/mol. The fourth-order valence-electron chi connectivity index (χ4n) is 2.81. The number of carboxylic acid groups (broad SMARTS) is 1. The van der Waals surface area contributed by atoms with Crippen LogP contribution in [0, 0.1) is 0 Å². The van der Waals surface area contributed by atoms with Gasteiger partial charge in [0.2, 0.25) is 5.88 Å². The zero-order chi connectivity index (χ0) is 17.4. The Kier molecular flexibility index (Phi) is 3.85. The molecule has 1 fully saturated rings. The van der Waals surface area contributed by atoms with Crippen molar-refractivity contribution >= 4 is 17.0 Å². The summed E-state index contributed by atoms with van der Waals surface area (Å²) in [6.45, 7) is 2.07. The second kappa shape index (κ2) is 6.18. The first-order chi connectivity index (χ1) is 12.1. The van der Waals surface area contributed by atoms with E-state index < -0.39 is 6.09 Å². The first-order valence-electron chi connectivity index (χ1n) is 8.20. The van der Waals surface area contributed by atoms with E-state index in [1.165, 1.54) is 29.9 Å². The van der Waals surface area contributed by atoms with Gasteiger partial charge in [-0.25, -0.2) is 14.8 Å². The Morgan fingerprint density at radius 2 is 2.16 bits per heavy atom. The highest BCUT2D eigenvalue weighted by molar-refractivity contribution is 5.89. The third-order valence-corrected chi connectivity index (χ3v) is 4.26. The molecule has 0 spiro atoms. The van der Waals surface area contributed by atoms with Crippen molar-refractivity contribution in [3.05, 3.63) is 48.5 Å². The summed E-state index contributed by atoms with van der Waals surface area (Å²) in [5.41, 5.74) is 1.50. The van der Waals surface area contributed by atoms with Gasteiger partial charge in [0.1, 0.15) is 12.1 Å². The summed E-state index contributed by atoms with van der Waals surface area (Å²) in [6, 6.07) is 9.55. The molecule has 0 amide bonds. The Labute approximate surface area is 144 Å². The van der Waals surface area contributed by atoms with Gasteiger partial charge < -0.3 is 15.2 Å². The lowest BCUT2D eigenvalue weighted by molar-refractivity contribution is 0.197. The van der Waals surface area contributed by atoms with E-state index in [-0.39, 0.29) is 6.04 Å². The lowest BCUT2D eigenvalue weighted by Gasteiger charge is -2.13. The van der Waals surface area contributed by atoms with Crippen LogP contribution in [0.4, 0.5) is 4.79 Å². The van der Waals surface area contributed by atoms with Crippen LogP contribution in [0.1, 0.15) is 31.5 Å². The first kappa shape index (κ1) is 15.6. The molecule has 1 saturated carbocycles. The van der Waals surface area contributed by atoms with E-state index in [4.69, 9.17) is 9.84 Å². The molecule has 2 N–H and O–H groups in total. The number of hydrogen-bond donors (Lipinski definition) is 2. The fourth-order valence-corrected chi connectivity index (χ4v) is 2.81. The summed E-state index contributed by atoms with van der Waals surface area (Å²) in [6.07, 6.45) is 4.44. The number of benzene rings is 1. The molecule has 128 valence electrons. The largest absolute Gasteiger partial charge is 0.464 e. The molecule has 4 rings (SSSR count). The van der Waals surface area contributed by atoms with Gasteiger partial charge in [0.05, 0.1) is 11.2 Å². The van der Waals surface area contributed by atoms with Crippen molar-refractivity contribution in [1.29, 1.82) is 0 Å². The molecule has 1 aliphatic rings. The zero-order valence-electron chi connectivity index (χ0n) is 13.7. The van der Waals surface area contributed by atoms with Crippen molar-refractivity contribution in [3.8, 4) is 11.6 Å². The van der Waals surface area contributed by atoms with Crippen LogP contribution in [0.25, 0.3) is 10.9 Å². The van der Waals surface area contributed by atoms with Crippen LogP contribution in [0.3, 0.4) is 0 Å². The summed E-state index contributed by atoms with van der Waals surface area (Å²) in [5, 5.41) is 13.4. The third-order valence-electron chi connectivity index (χ3n) is 4.26. The molecule has 0 saturated heterocycles. The molecule has 0 radical (unpaired) electrons. The Bertz CT molecular complexity index is 933. The number of rotatable bonds is 5. The summed E-state index contributed by atoms with van der Waals surface area (Å²) in [5.74, 6) is 1.06. The summed E-state index contributed by atoms with van der Waals surface area (Å²) < 4.78 is 7.01. The number of aromatic nitrogens is 3. The highest BCUT2D eigenvalue weighted by atomic mass is 16.5. The van der Waals surface area contributed by atoms with Crippen molar-refractivity contribution in [2.45, 2.75) is 31.8 Å². The Balaban J connectivity index is 1.55. The predicted octanol–water partition coefficient (Wildman–Crippen LogP) is 3.56. The standard InChI is InChI=1S/C18H18N4O3/c1-11(21-13-2-3-13)15-9-17(20-10-19-15)25-14-4-5-16-12(8-14)6-7-22(16)18(23)24/h4-11,13,21H,2-3H2,1H3,(H,23,24). The maximum absolute atomic E-state index is 11.1. The van der Waals surface area contributed by atoms with Crippen LogP contribution in [0.15, 0.2) is 42.9 Å². The molecular weight excluding hydrogens is 320 g/mol. The smallest absolute Gasteiger partial charge is 0.415 e. The Morgan fingerprint density at radius 1 is 1.32 bits per heavy atom. The quantitative estimate of drug-likeness (QED) is 0.739. The van der Waals surface area contributed by atoms with E-state index in [1.807, 2.05) is 6.07 Å². The zero-order valence-corrected chi connectivity index (χ0v) is 13.7. The highest BCUT2D eigenvalue weighted by Gasteiger charge is 2.24. The van der Waals surface area contributed by atoms with Crippen molar-refractivity contribution in [3.63, 3.8) is 0 Å². The molecule has 25 heavy (non-hydrogen) atoms. The van der Waals surface area contributed by atoms with Gasteiger partial charge in [-0.3, -0.25) is 4.57 Å². The Morgan fingerprint density at radius 3 is 2.92 bits per heavy atom. The van der Waals surface area contributed by atoms with Gasteiger partial charge in [-0.15, -0.1) is 0 Å². The van der Waals surface area contributed by atoms with Gasteiger partial charge in [-0.2, -0.15) is 0 Å². The lowest BCUT2D eigenvalue weighted by atomic mass is 10.2. The molecule has 1 unspecified atom stereocenters. The molecule has 2 aromatic heterocycles. The van der Waals surface area contributed by atoms with E-state index in [2.05, 4.69) is 22.2 Å². The maximum atomic E-state index is 11.1. The summed E-state index contributed by atoms with van der Waals surface area (Å²) >= 11 is 0. The van der Waals surface area contributed by atoms with Crippen LogP contribution in [0.2, 0.25) is 0 Å². The third kappa shape index (κ3) is 3.32. The summed E-state index contributed by atoms with van der Waals surface area (Å²) in [4.78, 5) is 19.6. The monoisotopic (exact) mass is 338 g/mol. The number of ether oxygens (including phenoxy) is 1. The summed E-state index contributed by atoms with van der Waals surface area (Å²) in [7, 11) is 0. The molecule has 1 aliphatic carbocycles. The van der Waals surface area contributed by atoms with Crippen LogP contribution >= 0.6 is 0 Å². The van der Waals surface area contributed by atoms with E-state index in [9.17, 15) is 4.79 Å². The van der Waals surface area contributed by atoms with E-state index in [1.54, 1.807) is 24.3 Å². The number of carbonyl (C=O) groups is 1. The van der Waals surface area contributed by atoms with Gasteiger partial charge in [0.25, 0.3) is 0 Å². The maximum Gasteiger partial charge on any atom is 0.415 e. The number of hydrogen-bond acceptors (Lipinski definition) is 5. The van der Waals surface area contributed by atoms with Gasteiger partial charge in [-0.1, -0.05) is 0 Å². The molecule has 0 aliphatic heterocycles. The van der Waals surface area contributed by atoms with Crippen molar-refractivity contribution in [1.82, 2.24) is 19.9 Å². The van der Waals surface area contributed by atoms with E-state index in [0.29, 0.717) is 23.2 Å². The van der Waals surface area contributed by atoms with Gasteiger partial charge >= 0.3 is 6.09 Å². The molecule has 3 aromatic rings. The molecule has 1 aromatic carbocycles. The highest BCUT2D eigenvalue weighted by Crippen LogP contribution is 2.27. The lowest BCUT2D eigenvalue weighted by Crippen LogP contribution is -2.21. The van der Waals surface area contributed by atoms with E-state index >= 15 is 0 Å². The number of fused-ring (bicyclic) bond motifs is 1. The Hall–Kier alpha value is -2.93. The van der Waals surface area contributed by atoms with Gasteiger partial charge in [-0.05, 0) is 44.0 Å². The van der Waals surface area contributed by atoms with Crippen LogP contribution in [-0.4, -0.2) is 31.8 Å². The average Bonchev–Trinajstić information content (AvgIpc) is 3.30. The molecule has 2 heterocycles. The molecule has 7 nitrogen and oxygen atoms in total. The number of nitrogens with one attached hydrogen (secondary N) is 1. The molecule has 0 bridgehead atoms.